The fourth-order valence-corrected chi connectivity index (χ4v) is 8.62. The highest BCUT2D eigenvalue weighted by atomic mass is 79.9. The first-order chi connectivity index (χ1) is 25.1. The molecule has 0 spiro atoms. The number of methoxy groups -OCH3 is 1. The van der Waals surface area contributed by atoms with E-state index in [0.29, 0.717) is 6.54 Å². The molecule has 2 N–H and O–H groups in total. The first kappa shape index (κ1) is 42.0. The van der Waals surface area contributed by atoms with Crippen molar-refractivity contribution in [3.05, 3.63) is 87.8 Å². The van der Waals surface area contributed by atoms with Crippen LogP contribution >= 0.6 is 15.9 Å². The Kier molecular flexibility index (Phi) is 12.6. The van der Waals surface area contributed by atoms with Gasteiger partial charge in [0, 0.05) is 11.0 Å². The number of furan rings is 1. The van der Waals surface area contributed by atoms with Crippen LogP contribution in [0.5, 0.6) is 0 Å². The first-order valence-electron chi connectivity index (χ1n) is 18.5. The van der Waals surface area contributed by atoms with E-state index in [4.69, 9.17) is 18.5 Å². The molecule has 2 aromatic carbocycles. The maximum Gasteiger partial charge on any atom is 0.494 e. The number of aliphatic carboxylic acids is 1. The Bertz CT molecular complexity index is 1720. The van der Waals surface area contributed by atoms with E-state index in [-0.39, 0.29) is 34.9 Å². The number of carbonyl (C=O) groups is 2. The third-order valence-corrected chi connectivity index (χ3v) is 12.3. The van der Waals surface area contributed by atoms with E-state index in [1.54, 1.807) is 0 Å². The summed E-state index contributed by atoms with van der Waals surface area (Å²) < 4.78 is 59.6. The quantitative estimate of drug-likeness (QED) is 0.171. The molecule has 3 aromatic rings. The minimum atomic E-state index is -4.43. The van der Waals surface area contributed by atoms with Gasteiger partial charge in [0.15, 0.2) is 0 Å². The van der Waals surface area contributed by atoms with Crippen LogP contribution in [-0.2, 0) is 48.3 Å². The Labute approximate surface area is 325 Å². The predicted molar refractivity (Wildman–Crippen MR) is 204 cm³/mol. The lowest BCUT2D eigenvalue weighted by Gasteiger charge is -2.54. The lowest BCUT2D eigenvalue weighted by molar-refractivity contribution is -0.164. The molecule has 0 atom stereocenters. The average Bonchev–Trinajstić information content (AvgIpc) is 3.66. The highest BCUT2D eigenvalue weighted by Crippen LogP contribution is 2.60. The Morgan fingerprint density at radius 3 is 1.93 bits per heavy atom. The van der Waals surface area contributed by atoms with Crippen molar-refractivity contribution in [2.24, 2.45) is 23.2 Å². The van der Waals surface area contributed by atoms with E-state index >= 15 is 0 Å². The lowest BCUT2D eigenvalue weighted by Crippen LogP contribution is -2.49. The van der Waals surface area contributed by atoms with Crippen molar-refractivity contribution in [2.75, 3.05) is 7.11 Å². The van der Waals surface area contributed by atoms with E-state index in [1.807, 2.05) is 90.1 Å². The summed E-state index contributed by atoms with van der Waals surface area (Å²) in [5, 5.41) is 12.3. The molecule has 5 aliphatic rings. The maximum absolute atomic E-state index is 12.3. The molecule has 1 aromatic heterocycles. The molecule has 5 fully saturated rings. The molecule has 4 aliphatic carbocycles. The molecule has 4 saturated carbocycles. The highest BCUT2D eigenvalue weighted by molar-refractivity contribution is 9.10. The molecule has 8 nitrogen and oxygen atoms in total. The Hall–Kier alpha value is -3.13. The predicted octanol–water partition coefficient (Wildman–Crippen LogP) is 9.07. The number of hydrogen-bond donors (Lipinski definition) is 2. The smallest absolute Gasteiger partial charge is 0.481 e. The van der Waals surface area contributed by atoms with E-state index < -0.39 is 30.4 Å². The summed E-state index contributed by atoms with van der Waals surface area (Å²) in [6.45, 7) is 12.6. The van der Waals surface area contributed by atoms with E-state index in [0.717, 1.165) is 64.1 Å². The van der Waals surface area contributed by atoms with Crippen molar-refractivity contribution in [1.29, 1.82) is 0 Å². The van der Waals surface area contributed by atoms with Crippen molar-refractivity contribution in [2.45, 2.75) is 116 Å². The van der Waals surface area contributed by atoms with Crippen LogP contribution in [0.15, 0.2) is 69.6 Å². The van der Waals surface area contributed by atoms with Gasteiger partial charge in [-0.25, -0.2) is 0 Å². The SMILES string of the molecule is COC(=O)C(C)(C)c1cccc(B2OC(C)(C)C(C)(C)O2)c1.FC(F)(F)c1ccc(CNCc2ccc(Br)cc2)o1.O=C(O)C12CC3CC(CC(C3)C1)C2. The molecule has 0 radical (unpaired) electrons. The first-order valence-corrected chi connectivity index (χ1v) is 19.3. The third kappa shape index (κ3) is 9.63. The van der Waals surface area contributed by atoms with Crippen LogP contribution in [0, 0.1) is 23.2 Å². The van der Waals surface area contributed by atoms with E-state index in [2.05, 4.69) is 21.2 Å². The van der Waals surface area contributed by atoms with E-state index in [1.165, 1.54) is 32.4 Å². The van der Waals surface area contributed by atoms with Gasteiger partial charge in [0.1, 0.15) is 5.76 Å². The monoisotopic (exact) mass is 817 g/mol. The summed E-state index contributed by atoms with van der Waals surface area (Å²) in [5.74, 6) is 0.787. The zero-order chi connectivity index (χ0) is 39.7. The van der Waals surface area contributed by atoms with Gasteiger partial charge in [0.05, 0.1) is 35.7 Å². The number of ether oxygens (including phenoxy) is 1. The van der Waals surface area contributed by atoms with Crippen LogP contribution in [0.1, 0.15) is 103 Å². The molecule has 13 heteroatoms. The second kappa shape index (κ2) is 16.2. The van der Waals surface area contributed by atoms with Gasteiger partial charge in [0.25, 0.3) is 0 Å². The molecular formula is C41H52BBrF3NO7. The number of alkyl halides is 3. The zero-order valence-electron chi connectivity index (χ0n) is 32.1. The van der Waals surface area contributed by atoms with Crippen molar-refractivity contribution >= 4 is 40.4 Å². The van der Waals surface area contributed by atoms with Crippen LogP contribution in [0.2, 0.25) is 0 Å². The molecule has 4 bridgehead atoms. The van der Waals surface area contributed by atoms with Gasteiger partial charge >= 0.3 is 25.2 Å². The lowest BCUT2D eigenvalue weighted by atomic mass is 9.49. The summed E-state index contributed by atoms with van der Waals surface area (Å²) in [4.78, 5) is 23.2. The van der Waals surface area contributed by atoms with Gasteiger partial charge in [-0.1, -0.05) is 52.3 Å². The van der Waals surface area contributed by atoms with Gasteiger partial charge in [-0.05, 0) is 139 Å². The molecule has 8 rings (SSSR count). The normalized spacial score (nSPS) is 24.9. The van der Waals surface area contributed by atoms with Crippen LogP contribution in [0.4, 0.5) is 13.2 Å². The summed E-state index contributed by atoms with van der Waals surface area (Å²) in [5.41, 5.74) is 1.07. The van der Waals surface area contributed by atoms with Crippen LogP contribution < -0.4 is 10.8 Å². The molecule has 1 aliphatic heterocycles. The number of carbonyl (C=O) groups excluding carboxylic acids is 1. The number of carboxylic acid groups (broad SMARTS) is 1. The summed E-state index contributed by atoms with van der Waals surface area (Å²) in [6.07, 6.45) is 2.49. The van der Waals surface area contributed by atoms with Crippen LogP contribution in [0.25, 0.3) is 0 Å². The topological polar surface area (TPSA) is 107 Å². The van der Waals surface area contributed by atoms with Crippen LogP contribution in [-0.4, -0.2) is 42.5 Å². The van der Waals surface area contributed by atoms with Gasteiger partial charge < -0.3 is 28.9 Å². The summed E-state index contributed by atoms with van der Waals surface area (Å²) in [7, 11) is 0.973. The molecule has 54 heavy (non-hydrogen) atoms. The number of esters is 1. The number of halogens is 4. The number of rotatable bonds is 8. The largest absolute Gasteiger partial charge is 0.494 e. The highest BCUT2D eigenvalue weighted by Gasteiger charge is 2.55. The minimum Gasteiger partial charge on any atom is -0.481 e. The molecule has 294 valence electrons. The molecule has 1 saturated heterocycles. The maximum atomic E-state index is 12.3. The van der Waals surface area contributed by atoms with Crippen molar-refractivity contribution in [1.82, 2.24) is 5.32 Å². The van der Waals surface area contributed by atoms with Gasteiger partial charge in [-0.2, -0.15) is 13.2 Å². The summed E-state index contributed by atoms with van der Waals surface area (Å²) in [6, 6.07) is 17.7. The van der Waals surface area contributed by atoms with Gasteiger partial charge in [-0.3, -0.25) is 9.59 Å². The van der Waals surface area contributed by atoms with Crippen molar-refractivity contribution in [3.8, 4) is 0 Å². The van der Waals surface area contributed by atoms with Gasteiger partial charge in [-0.15, -0.1) is 0 Å². The van der Waals surface area contributed by atoms with E-state index in [9.17, 15) is 27.9 Å². The standard InChI is InChI=1S/C17H25BO4.C13H11BrF3NO.C11H16O2/c1-15(2,14(19)20-7)12-9-8-10-13(11-12)18-21-16(3,4)17(5,6)22-18;14-10-3-1-9(2-4-10)7-18-8-11-5-6-12(19-11)13(15,16)17;12-10(13)11-4-7-1-8(5-11)3-9(2-7)6-11/h8-11H,1-7H3;1-6,18H,7-8H2;7-9H,1-6H2,(H,12,13). The number of benzene rings is 2. The van der Waals surface area contributed by atoms with Crippen LogP contribution in [0.3, 0.4) is 0 Å². The minimum absolute atomic E-state index is 0.256. The fourth-order valence-electron chi connectivity index (χ4n) is 8.36. The molecule has 2 heterocycles. The Morgan fingerprint density at radius 2 is 1.44 bits per heavy atom. The van der Waals surface area contributed by atoms with Gasteiger partial charge in [0.2, 0.25) is 5.76 Å². The summed E-state index contributed by atoms with van der Waals surface area (Å²) >= 11 is 3.33. The molecule has 0 unspecified atom stereocenters. The molecule has 0 amide bonds. The Morgan fingerprint density at radius 1 is 0.889 bits per heavy atom. The number of carboxylic acids is 1. The Balaban J connectivity index is 0.000000160. The fraction of sp³-hybridized carbons (Fsp3) is 0.561. The molecular weight excluding hydrogens is 766 g/mol. The average molecular weight is 819 g/mol. The second-order valence-corrected chi connectivity index (χ2v) is 17.7. The second-order valence-electron chi connectivity index (χ2n) is 16.8. The third-order valence-electron chi connectivity index (χ3n) is 11.8. The number of hydrogen-bond acceptors (Lipinski definition) is 7. The zero-order valence-corrected chi connectivity index (χ0v) is 33.7. The number of nitrogens with one attached hydrogen (secondary N) is 1. The van der Waals surface area contributed by atoms with Crippen molar-refractivity contribution in [3.63, 3.8) is 0 Å². The van der Waals surface area contributed by atoms with Crippen molar-refractivity contribution < 1.29 is 46.3 Å².